The Balaban J connectivity index is 0.000000267. The second-order valence-electron chi connectivity index (χ2n) is 18.8. The summed E-state index contributed by atoms with van der Waals surface area (Å²) in [6.07, 6.45) is 1.24. The number of alkyl halides is 6. The summed E-state index contributed by atoms with van der Waals surface area (Å²) in [6.45, 7) is -3.46. The number of halogens is 6. The molecule has 0 radical (unpaired) electrons. The third-order valence-electron chi connectivity index (χ3n) is 13.8. The van der Waals surface area contributed by atoms with Gasteiger partial charge in [-0.2, -0.15) is 35.9 Å². The van der Waals surface area contributed by atoms with Crippen LogP contribution >= 0.6 is 0 Å². The molecule has 0 aromatic heterocycles. The zero-order chi connectivity index (χ0) is 63.1. The highest BCUT2D eigenvalue weighted by atomic mass is 19.4. The summed E-state index contributed by atoms with van der Waals surface area (Å²) in [5.41, 5.74) is 0.472. The number of aliphatic hydroxyl groups excluding tert-OH is 1. The molecule has 17 heteroatoms. The lowest BCUT2D eigenvalue weighted by Crippen LogP contribution is -2.46. The summed E-state index contributed by atoms with van der Waals surface area (Å²) in [7, 11) is 0. The van der Waals surface area contributed by atoms with E-state index in [-0.39, 0.29) is 58.3 Å². The van der Waals surface area contributed by atoms with E-state index in [0.717, 1.165) is 87.8 Å². The van der Waals surface area contributed by atoms with Crippen molar-refractivity contribution < 1.29 is 74.3 Å². The van der Waals surface area contributed by atoms with Crippen LogP contribution in [-0.2, 0) is 75.5 Å². The average Bonchev–Trinajstić information content (AvgIpc) is 3.07. The minimum Gasteiger partial charge on any atom is -0.481 e. The number of carboxylic acid groups (broad SMARTS) is 1. The van der Waals surface area contributed by atoms with Crippen LogP contribution in [-0.4, -0.2) is 64.8 Å². The van der Waals surface area contributed by atoms with Gasteiger partial charge in [0, 0.05) is 27.9 Å². The van der Waals surface area contributed by atoms with Crippen molar-refractivity contribution in [2.24, 2.45) is 16.2 Å². The molecule has 4 fully saturated rings. The van der Waals surface area contributed by atoms with Crippen LogP contribution < -0.4 is 5.32 Å². The molecule has 0 bridgehead atoms. The van der Waals surface area contributed by atoms with E-state index in [4.69, 9.17) is 38.1 Å². The van der Waals surface area contributed by atoms with Gasteiger partial charge in [0.2, 0.25) is 0 Å². The lowest BCUT2D eigenvalue weighted by atomic mass is 9.81. The van der Waals surface area contributed by atoms with E-state index in [1.807, 2.05) is 19.9 Å². The van der Waals surface area contributed by atoms with Crippen molar-refractivity contribution in [1.82, 2.24) is 10.2 Å². The maximum atomic E-state index is 14.0. The number of aliphatic hydroxyl groups is 1. The molecule has 75 heavy (non-hydrogen) atoms. The van der Waals surface area contributed by atoms with E-state index in [9.17, 15) is 36.2 Å². The molecule has 0 amide bonds. The largest absolute Gasteiger partial charge is 0.481 e. The normalized spacial score (nSPS) is 19.5. The van der Waals surface area contributed by atoms with Crippen LogP contribution in [0.3, 0.4) is 0 Å². The van der Waals surface area contributed by atoms with Crippen LogP contribution in [0.1, 0.15) is 190 Å². The van der Waals surface area contributed by atoms with Crippen LogP contribution in [0.15, 0.2) is 83.1 Å². The van der Waals surface area contributed by atoms with E-state index in [0.29, 0.717) is 62.7 Å². The van der Waals surface area contributed by atoms with E-state index < -0.39 is 73.3 Å². The summed E-state index contributed by atoms with van der Waals surface area (Å²) in [4.78, 5) is 38.6. The highest BCUT2D eigenvalue weighted by molar-refractivity contribution is 5.99. The van der Waals surface area contributed by atoms with E-state index >= 15 is 0 Å². The van der Waals surface area contributed by atoms with Gasteiger partial charge in [-0.1, -0.05) is 111 Å². The van der Waals surface area contributed by atoms with Crippen LogP contribution in [0.4, 0.5) is 26.3 Å². The number of carbonyl (C=O) groups excluding carboxylic acids is 2. The van der Waals surface area contributed by atoms with E-state index in [1.54, 1.807) is 18.2 Å². The Morgan fingerprint density at radius 2 is 1.12 bits per heavy atom. The molecule has 408 valence electrons. The fourth-order valence-electron chi connectivity index (χ4n) is 9.37. The molecule has 4 aliphatic rings. The monoisotopic (exact) mass is 1060 g/mol. The van der Waals surface area contributed by atoms with Crippen LogP contribution in [0.2, 0.25) is 0 Å². The molecule has 2 saturated heterocycles. The van der Waals surface area contributed by atoms with Crippen molar-refractivity contribution in [3.63, 3.8) is 0 Å². The Bertz CT molecular complexity index is 2970. The van der Waals surface area contributed by atoms with Gasteiger partial charge in [0.15, 0.2) is 0 Å². The molecule has 0 unspecified atom stereocenters. The first-order valence-electron chi connectivity index (χ1n) is 30.3. The maximum absolute atomic E-state index is 14.0. The third-order valence-corrected chi connectivity index (χ3v) is 13.8. The number of likely N-dealkylation sites (tertiary alicyclic amines) is 1. The number of rotatable bonds is 16. The molecular weight excluding hydrogens is 979 g/mol. The highest BCUT2D eigenvalue weighted by Crippen LogP contribution is 2.43. The average molecular weight is 1060 g/mol. The van der Waals surface area contributed by atoms with Crippen molar-refractivity contribution >= 4 is 23.5 Å². The van der Waals surface area contributed by atoms with Gasteiger partial charge in [0.1, 0.15) is 13.1 Å². The van der Waals surface area contributed by atoms with Crippen LogP contribution in [0, 0.1) is 5.92 Å². The predicted molar refractivity (Wildman–Crippen MR) is 275 cm³/mol. The van der Waals surface area contributed by atoms with Gasteiger partial charge in [0.25, 0.3) is 0 Å². The number of nitrogens with zero attached hydrogens (tertiary/aromatic N) is 3. The van der Waals surface area contributed by atoms with Crippen LogP contribution in [0.25, 0.3) is 0 Å². The van der Waals surface area contributed by atoms with Gasteiger partial charge >= 0.3 is 24.5 Å². The summed E-state index contributed by atoms with van der Waals surface area (Å²) in [5.74, 6) is -1.27. The Kier molecular flexibility index (Phi) is 18.2. The van der Waals surface area contributed by atoms with Gasteiger partial charge in [-0.3, -0.25) is 9.69 Å². The Morgan fingerprint density at radius 1 is 0.680 bits per heavy atom. The Labute approximate surface area is 450 Å². The molecule has 2 saturated carbocycles. The number of carbonyl (C=O) groups is 1. The minimum atomic E-state index is -4.68. The molecule has 2 aliphatic carbocycles. The van der Waals surface area contributed by atoms with Crippen molar-refractivity contribution in [3.05, 3.63) is 140 Å². The zero-order valence-corrected chi connectivity index (χ0v) is 42.1. The van der Waals surface area contributed by atoms with Crippen molar-refractivity contribution in [2.75, 3.05) is 26.2 Å². The first-order valence-corrected chi connectivity index (χ1v) is 25.3. The molecule has 4 aromatic rings. The zero-order valence-electron chi connectivity index (χ0n) is 52.1. The number of aryl methyl sites for hydroxylation is 2. The number of hydrogen-bond acceptors (Lipinski definition) is 10. The van der Waals surface area contributed by atoms with Crippen molar-refractivity contribution in [3.8, 4) is 0 Å². The second kappa shape index (κ2) is 29.4. The third kappa shape index (κ3) is 18.1. The topological polar surface area (TPSA) is 150 Å². The molecule has 0 spiro atoms. The van der Waals surface area contributed by atoms with Gasteiger partial charge in [-0.15, -0.1) is 0 Å². The van der Waals surface area contributed by atoms with Gasteiger partial charge in [-0.25, -0.2) is 0 Å². The van der Waals surface area contributed by atoms with E-state index in [2.05, 4.69) is 20.5 Å². The number of aliphatic carboxylic acids is 1. The maximum Gasteiger partial charge on any atom is 0.416 e. The SMILES string of the molecule is O=C(O)C1CNC1.O=C=O.[2H]C([2H])([2H])/C(=N\OC([2H])([2H])c1ccc(C2CCCCC2)c(C(F)(F)F)c1)c1ccc(CN2CCC2)c(CC)c1.[2H]C([2H])([2H])/C(=N\OC([2H])([2H])c1ccc(C2CCCCC2)c(C(F)(F)F)c1)c1ccc(CO)c(CC)c1. The molecule has 8 rings (SSSR count). The first kappa shape index (κ1) is 46.4. The molecule has 2 aliphatic heterocycles. The molecule has 4 aromatic carbocycles. The molecule has 0 atom stereocenters. The lowest BCUT2D eigenvalue weighted by molar-refractivity contribution is -0.191. The number of carboxylic acids is 1. The second-order valence-corrected chi connectivity index (χ2v) is 18.8. The van der Waals surface area contributed by atoms with Gasteiger partial charge < -0.3 is 25.2 Å². The Morgan fingerprint density at radius 3 is 1.45 bits per heavy atom. The first-order chi connectivity index (χ1) is 39.8. The quantitative estimate of drug-likeness (QED) is 0.0566. The molecule has 3 N–H and O–H groups in total. The summed E-state index contributed by atoms with van der Waals surface area (Å²) in [6, 6.07) is 16.3. The lowest BCUT2D eigenvalue weighted by Gasteiger charge is -2.31. The molecule has 2 heterocycles. The summed E-state index contributed by atoms with van der Waals surface area (Å²) in [5, 5.41) is 27.8. The van der Waals surface area contributed by atoms with Crippen molar-refractivity contribution in [1.29, 1.82) is 0 Å². The molecular formula is C58H72F6N4O7. The molecule has 11 nitrogen and oxygen atoms in total. The predicted octanol–water partition coefficient (Wildman–Crippen LogP) is 12.9. The summed E-state index contributed by atoms with van der Waals surface area (Å²) >= 11 is 0. The minimum absolute atomic E-state index is 0.111. The Hall–Kier alpha value is -5.87. The van der Waals surface area contributed by atoms with Crippen molar-refractivity contribution in [2.45, 2.75) is 161 Å². The highest BCUT2D eigenvalue weighted by Gasteiger charge is 2.37. The standard InChI is InChI=1S/C28H35F3N2O.C25H30F3NO2.C4H7NO2.CO2/c1-3-22-17-24(11-12-25(22)18-33-14-7-15-33)20(2)32-34-19-21-10-13-26(23-8-5-4-6-9-23)27(16-21)28(29,30)31;1-3-19-14-21(10-11-22(19)15-30)17(2)29-31-16-18-9-12-23(20-7-5-4-6-8-20)24(13-18)25(26,27)28;6-4(7)3-1-5-2-3;2-1-3/h10-13,16-17,23H,3-9,14-15,18-19H2,1-2H3;9-14,20,30H,3-8,15-16H2,1-2H3;3,5H,1-2H2,(H,6,7);/b32-20+;29-17+;;/i2D3,19D2;2D3,16D2;;. The number of nitrogens with one attached hydrogen (secondary N) is 1. The fourth-order valence-corrected chi connectivity index (χ4v) is 9.37. The van der Waals surface area contributed by atoms with Gasteiger partial charge in [-0.05, 0) is 163 Å². The number of hydrogen-bond donors (Lipinski definition) is 3. The number of benzene rings is 4. The fraction of sp³-hybridized carbons (Fsp3) is 0.517. The van der Waals surface area contributed by atoms with Crippen LogP contribution in [0.5, 0.6) is 0 Å². The number of oxime groups is 2. The smallest absolute Gasteiger partial charge is 0.416 e. The van der Waals surface area contributed by atoms with Gasteiger partial charge in [0.05, 0.1) is 40.6 Å². The summed E-state index contributed by atoms with van der Waals surface area (Å²) < 4.78 is 164. The van der Waals surface area contributed by atoms with E-state index in [1.165, 1.54) is 36.4 Å².